The lowest BCUT2D eigenvalue weighted by Crippen LogP contribution is -2.44. The van der Waals surface area contributed by atoms with Crippen molar-refractivity contribution in [3.8, 4) is 11.4 Å². The van der Waals surface area contributed by atoms with Crippen LogP contribution >= 0.6 is 0 Å². The lowest BCUT2D eigenvalue weighted by atomic mass is 9.86. The fourth-order valence-corrected chi connectivity index (χ4v) is 3.65. The van der Waals surface area contributed by atoms with Crippen LogP contribution in [-0.4, -0.2) is 58.4 Å². The first-order chi connectivity index (χ1) is 18.2. The highest BCUT2D eigenvalue weighted by atomic mass is 19.4. The normalized spacial score (nSPS) is 14.7. The standard InChI is InChI=1S/C22H18F7N7O3/c1-13(20(38,9-34-12-30-11-31-34)17-7-2-14(23)8-18(17)24)35-19(37)36(33-32-35)15-3-5-16(6-4-15)39-10-21(25,26)22(27,28)29/h2-8,11-13,38H,9-10H2,1H3/t13-,20-/m1/s1. The summed E-state index contributed by atoms with van der Waals surface area (Å²) in [7, 11) is 0. The van der Waals surface area contributed by atoms with Crippen LogP contribution in [0.2, 0.25) is 0 Å². The molecule has 17 heteroatoms. The molecule has 0 aliphatic carbocycles. The summed E-state index contributed by atoms with van der Waals surface area (Å²) >= 11 is 0. The van der Waals surface area contributed by atoms with Gasteiger partial charge < -0.3 is 9.84 Å². The van der Waals surface area contributed by atoms with Gasteiger partial charge >= 0.3 is 17.8 Å². The van der Waals surface area contributed by atoms with Crippen molar-refractivity contribution in [1.82, 2.24) is 34.6 Å². The van der Waals surface area contributed by atoms with Crippen LogP contribution in [-0.2, 0) is 12.1 Å². The van der Waals surface area contributed by atoms with E-state index in [1.54, 1.807) is 0 Å². The summed E-state index contributed by atoms with van der Waals surface area (Å²) < 4.78 is 98.6. The fraction of sp³-hybridized carbons (Fsp3) is 0.318. The number of halogens is 7. The molecule has 0 bridgehead atoms. The smallest absolute Gasteiger partial charge is 0.456 e. The summed E-state index contributed by atoms with van der Waals surface area (Å²) in [6, 6.07) is 5.52. The highest BCUT2D eigenvalue weighted by molar-refractivity contribution is 5.36. The first-order valence-electron chi connectivity index (χ1n) is 11.0. The molecule has 0 saturated carbocycles. The molecule has 2 aromatic carbocycles. The summed E-state index contributed by atoms with van der Waals surface area (Å²) in [5.41, 5.74) is -3.51. The Balaban J connectivity index is 1.63. The van der Waals surface area contributed by atoms with Gasteiger partial charge in [-0.1, -0.05) is 6.07 Å². The minimum absolute atomic E-state index is 0.0150. The second-order valence-electron chi connectivity index (χ2n) is 8.42. The van der Waals surface area contributed by atoms with Crippen LogP contribution in [0.15, 0.2) is 59.9 Å². The number of hydrogen-bond acceptors (Lipinski definition) is 7. The average molecular weight is 561 g/mol. The van der Waals surface area contributed by atoms with Gasteiger partial charge in [0.05, 0.1) is 18.3 Å². The number of tetrazole rings is 1. The molecule has 0 unspecified atom stereocenters. The largest absolute Gasteiger partial charge is 0.487 e. The van der Waals surface area contributed by atoms with Crippen LogP contribution in [0, 0.1) is 11.6 Å². The number of nitrogens with zero attached hydrogens (tertiary/aromatic N) is 7. The summed E-state index contributed by atoms with van der Waals surface area (Å²) in [4.78, 5) is 16.9. The second kappa shape index (κ2) is 10.1. The van der Waals surface area contributed by atoms with Crippen LogP contribution in [0.3, 0.4) is 0 Å². The third-order valence-corrected chi connectivity index (χ3v) is 5.84. The zero-order valence-electron chi connectivity index (χ0n) is 19.7. The molecule has 0 spiro atoms. The van der Waals surface area contributed by atoms with Gasteiger partial charge in [-0.05, 0) is 47.7 Å². The summed E-state index contributed by atoms with van der Waals surface area (Å²) in [5.74, 6) is -7.42. The third-order valence-electron chi connectivity index (χ3n) is 5.84. The molecule has 0 fully saturated rings. The van der Waals surface area contributed by atoms with E-state index >= 15 is 0 Å². The van der Waals surface area contributed by atoms with Crippen molar-refractivity contribution >= 4 is 0 Å². The topological polar surface area (TPSA) is 113 Å². The Morgan fingerprint density at radius 1 is 1.03 bits per heavy atom. The van der Waals surface area contributed by atoms with Crippen molar-refractivity contribution in [3.05, 3.63) is 82.8 Å². The molecule has 0 aliphatic heterocycles. The van der Waals surface area contributed by atoms with E-state index in [-0.39, 0.29) is 17.0 Å². The van der Waals surface area contributed by atoms with Crippen molar-refractivity contribution in [1.29, 1.82) is 0 Å². The van der Waals surface area contributed by atoms with Crippen LogP contribution in [0.4, 0.5) is 30.7 Å². The molecule has 0 radical (unpaired) electrons. The lowest BCUT2D eigenvalue weighted by Gasteiger charge is -2.33. The maximum absolute atomic E-state index is 14.8. The monoisotopic (exact) mass is 561 g/mol. The van der Waals surface area contributed by atoms with Gasteiger partial charge in [0.15, 0.2) is 6.61 Å². The molecule has 2 atom stereocenters. The molecule has 0 amide bonds. The molecule has 10 nitrogen and oxygen atoms in total. The minimum atomic E-state index is -5.79. The van der Waals surface area contributed by atoms with Crippen molar-refractivity contribution in [2.75, 3.05) is 6.61 Å². The first-order valence-corrected chi connectivity index (χ1v) is 11.0. The average Bonchev–Trinajstić information content (AvgIpc) is 3.51. The summed E-state index contributed by atoms with van der Waals surface area (Å²) in [6.45, 7) is -1.05. The van der Waals surface area contributed by atoms with E-state index in [1.807, 2.05) is 0 Å². The van der Waals surface area contributed by atoms with Gasteiger partial charge in [0, 0.05) is 11.6 Å². The maximum atomic E-state index is 14.8. The quantitative estimate of drug-likeness (QED) is 0.313. The van der Waals surface area contributed by atoms with Crippen LogP contribution < -0.4 is 10.4 Å². The molecular weight excluding hydrogens is 543 g/mol. The number of rotatable bonds is 9. The van der Waals surface area contributed by atoms with Crippen molar-refractivity contribution in [2.24, 2.45) is 0 Å². The van der Waals surface area contributed by atoms with Gasteiger partial charge in [-0.2, -0.15) is 36.4 Å². The molecule has 208 valence electrons. The van der Waals surface area contributed by atoms with E-state index in [9.17, 15) is 40.6 Å². The Kier molecular flexibility index (Phi) is 7.20. The first kappa shape index (κ1) is 27.7. The SMILES string of the molecule is C[C@@H](n1nnn(-c2ccc(OCC(F)(F)C(F)(F)F)cc2)c1=O)[C@](O)(Cn1cncn1)c1ccc(F)cc1F. The molecule has 2 aromatic heterocycles. The Morgan fingerprint density at radius 2 is 1.72 bits per heavy atom. The van der Waals surface area contributed by atoms with Crippen molar-refractivity contribution in [3.63, 3.8) is 0 Å². The van der Waals surface area contributed by atoms with Gasteiger partial charge in [0.1, 0.15) is 35.6 Å². The molecular formula is C22H18F7N7O3. The predicted octanol–water partition coefficient (Wildman–Crippen LogP) is 3.02. The number of ether oxygens (including phenoxy) is 1. The fourth-order valence-electron chi connectivity index (χ4n) is 3.65. The zero-order chi connectivity index (χ0) is 28.6. The molecule has 2 heterocycles. The van der Waals surface area contributed by atoms with Gasteiger partial charge in [0.2, 0.25) is 0 Å². The van der Waals surface area contributed by atoms with E-state index in [1.165, 1.54) is 13.3 Å². The lowest BCUT2D eigenvalue weighted by molar-refractivity contribution is -0.290. The van der Waals surface area contributed by atoms with Gasteiger partial charge in [-0.25, -0.2) is 23.2 Å². The molecule has 4 rings (SSSR count). The van der Waals surface area contributed by atoms with E-state index in [0.717, 1.165) is 56.8 Å². The van der Waals surface area contributed by atoms with Gasteiger partial charge in [0.25, 0.3) is 0 Å². The number of alkyl halides is 5. The van der Waals surface area contributed by atoms with E-state index in [2.05, 4.69) is 25.2 Å². The molecule has 0 saturated heterocycles. The predicted molar refractivity (Wildman–Crippen MR) is 117 cm³/mol. The number of aromatic nitrogens is 7. The van der Waals surface area contributed by atoms with Crippen molar-refractivity contribution < 1.29 is 40.6 Å². The Labute approximate surface area is 213 Å². The third kappa shape index (κ3) is 5.47. The molecule has 1 N–H and O–H groups in total. The van der Waals surface area contributed by atoms with E-state index < -0.39 is 54.2 Å². The summed E-state index contributed by atoms with van der Waals surface area (Å²) in [5, 5.41) is 22.9. The molecule has 39 heavy (non-hydrogen) atoms. The number of hydrogen-bond donors (Lipinski definition) is 1. The highest BCUT2D eigenvalue weighted by Gasteiger charge is 2.58. The zero-order valence-corrected chi connectivity index (χ0v) is 19.7. The number of aliphatic hydroxyl groups is 1. The van der Waals surface area contributed by atoms with Crippen molar-refractivity contribution in [2.45, 2.75) is 37.2 Å². The van der Waals surface area contributed by atoms with Crippen LogP contribution in [0.5, 0.6) is 5.75 Å². The summed E-state index contributed by atoms with van der Waals surface area (Å²) in [6.07, 6.45) is -3.40. The molecule has 0 aliphatic rings. The van der Waals surface area contributed by atoms with Crippen LogP contribution in [0.25, 0.3) is 5.69 Å². The maximum Gasteiger partial charge on any atom is 0.456 e. The van der Waals surface area contributed by atoms with Gasteiger partial charge in [-0.15, -0.1) is 0 Å². The Morgan fingerprint density at radius 3 is 2.31 bits per heavy atom. The number of benzene rings is 2. The Hall–Kier alpha value is -4.28. The second-order valence-corrected chi connectivity index (χ2v) is 8.42. The molecule has 4 aromatic rings. The van der Waals surface area contributed by atoms with Gasteiger partial charge in [-0.3, -0.25) is 0 Å². The van der Waals surface area contributed by atoms with E-state index in [0.29, 0.717) is 6.07 Å². The minimum Gasteiger partial charge on any atom is -0.487 e. The van der Waals surface area contributed by atoms with E-state index in [4.69, 9.17) is 0 Å². The van der Waals surface area contributed by atoms with Crippen LogP contribution in [0.1, 0.15) is 18.5 Å². The Bertz CT molecular complexity index is 1490. The highest BCUT2D eigenvalue weighted by Crippen LogP contribution is 2.37.